The lowest BCUT2D eigenvalue weighted by Crippen LogP contribution is -2.40. The Balaban J connectivity index is 4.10. The van der Waals surface area contributed by atoms with Crippen molar-refractivity contribution in [2.45, 2.75) is 20.3 Å². The molecular weight excluding hydrogens is 182 g/mol. The Bertz CT molecular complexity index is 184. The molecule has 0 saturated heterocycles. The summed E-state index contributed by atoms with van der Waals surface area (Å²) in [7, 11) is 3.56. The first kappa shape index (κ1) is 13.4. The molecule has 4 nitrogen and oxygen atoms in total. The van der Waals surface area contributed by atoms with Crippen LogP contribution in [0.3, 0.4) is 0 Å². The predicted octanol–water partition coefficient (Wildman–Crippen LogP) is 1.07. The van der Waals surface area contributed by atoms with Crippen molar-refractivity contribution in [2.24, 2.45) is 5.41 Å². The molecule has 84 valence electrons. The zero-order valence-electron chi connectivity index (χ0n) is 9.54. The lowest BCUT2D eigenvalue weighted by molar-refractivity contribution is -0.149. The molecule has 0 amide bonds. The van der Waals surface area contributed by atoms with Gasteiger partial charge in [-0.3, -0.25) is 4.79 Å². The Labute approximate surface area is 85.9 Å². The Kier molecular flexibility index (Phi) is 5.72. The van der Waals surface area contributed by atoms with Crippen LogP contribution in [-0.2, 0) is 9.53 Å². The van der Waals surface area contributed by atoms with Crippen LogP contribution in [0, 0.1) is 5.41 Å². The SMILES string of the molecule is CCC(C)(CN(C)CCOC)C(=O)O. The molecule has 0 aromatic rings. The summed E-state index contributed by atoms with van der Waals surface area (Å²) in [5, 5.41) is 9.05. The molecule has 0 bridgehead atoms. The summed E-state index contributed by atoms with van der Waals surface area (Å²) in [5.74, 6) is -0.732. The quantitative estimate of drug-likeness (QED) is 0.672. The molecule has 0 fully saturated rings. The van der Waals surface area contributed by atoms with Gasteiger partial charge in [-0.05, 0) is 20.4 Å². The molecule has 0 aliphatic carbocycles. The summed E-state index contributed by atoms with van der Waals surface area (Å²) in [4.78, 5) is 13.0. The van der Waals surface area contributed by atoms with E-state index in [0.29, 0.717) is 19.6 Å². The minimum atomic E-state index is -0.732. The molecule has 0 rings (SSSR count). The van der Waals surface area contributed by atoms with Crippen LogP contribution in [0.1, 0.15) is 20.3 Å². The van der Waals surface area contributed by atoms with Crippen LogP contribution in [-0.4, -0.2) is 49.8 Å². The summed E-state index contributed by atoms with van der Waals surface area (Å²) < 4.78 is 4.93. The lowest BCUT2D eigenvalue weighted by atomic mass is 9.87. The summed E-state index contributed by atoms with van der Waals surface area (Å²) in [5.41, 5.74) is -0.650. The molecule has 0 saturated carbocycles. The molecule has 0 heterocycles. The Hall–Kier alpha value is -0.610. The average molecular weight is 203 g/mol. The van der Waals surface area contributed by atoms with Crippen molar-refractivity contribution in [3.8, 4) is 0 Å². The van der Waals surface area contributed by atoms with Crippen molar-refractivity contribution in [2.75, 3.05) is 33.9 Å². The minimum Gasteiger partial charge on any atom is -0.481 e. The van der Waals surface area contributed by atoms with Crippen molar-refractivity contribution >= 4 is 5.97 Å². The fourth-order valence-corrected chi connectivity index (χ4v) is 1.25. The van der Waals surface area contributed by atoms with E-state index in [1.165, 1.54) is 0 Å². The van der Waals surface area contributed by atoms with Gasteiger partial charge in [-0.1, -0.05) is 6.92 Å². The van der Waals surface area contributed by atoms with E-state index >= 15 is 0 Å². The molecule has 0 radical (unpaired) electrons. The highest BCUT2D eigenvalue weighted by atomic mass is 16.5. The summed E-state index contributed by atoms with van der Waals surface area (Å²) in [6, 6.07) is 0. The van der Waals surface area contributed by atoms with Gasteiger partial charge in [0, 0.05) is 20.2 Å². The first-order valence-corrected chi connectivity index (χ1v) is 4.87. The van der Waals surface area contributed by atoms with Gasteiger partial charge in [0.1, 0.15) is 0 Å². The van der Waals surface area contributed by atoms with E-state index in [9.17, 15) is 4.79 Å². The maximum Gasteiger partial charge on any atom is 0.310 e. The predicted molar refractivity (Wildman–Crippen MR) is 55.4 cm³/mol. The van der Waals surface area contributed by atoms with Gasteiger partial charge in [-0.15, -0.1) is 0 Å². The Morgan fingerprint density at radius 3 is 2.50 bits per heavy atom. The number of nitrogens with zero attached hydrogens (tertiary/aromatic N) is 1. The van der Waals surface area contributed by atoms with Crippen LogP contribution in [0.25, 0.3) is 0 Å². The molecule has 0 aromatic heterocycles. The average Bonchev–Trinajstić information content (AvgIpc) is 2.14. The fraction of sp³-hybridized carbons (Fsp3) is 0.900. The van der Waals surface area contributed by atoms with Crippen LogP contribution in [0.15, 0.2) is 0 Å². The third kappa shape index (κ3) is 4.07. The third-order valence-electron chi connectivity index (χ3n) is 2.59. The maximum absolute atomic E-state index is 11.0. The number of methoxy groups -OCH3 is 1. The van der Waals surface area contributed by atoms with E-state index in [1.807, 2.05) is 18.9 Å². The molecule has 4 heteroatoms. The van der Waals surface area contributed by atoms with Crippen molar-refractivity contribution < 1.29 is 14.6 Å². The number of hydrogen-bond donors (Lipinski definition) is 1. The smallest absolute Gasteiger partial charge is 0.310 e. The molecule has 0 aliphatic heterocycles. The van der Waals surface area contributed by atoms with Gasteiger partial charge in [0.05, 0.1) is 12.0 Å². The van der Waals surface area contributed by atoms with Gasteiger partial charge < -0.3 is 14.7 Å². The van der Waals surface area contributed by atoms with Crippen molar-refractivity contribution in [1.29, 1.82) is 0 Å². The lowest BCUT2D eigenvalue weighted by Gasteiger charge is -2.28. The highest BCUT2D eigenvalue weighted by Gasteiger charge is 2.32. The van der Waals surface area contributed by atoms with E-state index in [2.05, 4.69) is 0 Å². The third-order valence-corrected chi connectivity index (χ3v) is 2.59. The molecule has 1 atom stereocenters. The van der Waals surface area contributed by atoms with Crippen LogP contribution in [0.4, 0.5) is 0 Å². The monoisotopic (exact) mass is 203 g/mol. The van der Waals surface area contributed by atoms with Gasteiger partial charge in [-0.25, -0.2) is 0 Å². The van der Waals surface area contributed by atoms with Gasteiger partial charge in [0.2, 0.25) is 0 Å². The second-order valence-corrected chi connectivity index (χ2v) is 3.95. The van der Waals surface area contributed by atoms with Gasteiger partial charge in [0.25, 0.3) is 0 Å². The number of carboxylic acid groups (broad SMARTS) is 1. The Morgan fingerprint density at radius 2 is 2.14 bits per heavy atom. The first-order valence-electron chi connectivity index (χ1n) is 4.87. The van der Waals surface area contributed by atoms with E-state index in [-0.39, 0.29) is 0 Å². The van der Waals surface area contributed by atoms with Crippen LogP contribution >= 0.6 is 0 Å². The number of rotatable bonds is 7. The Morgan fingerprint density at radius 1 is 1.57 bits per heavy atom. The second kappa shape index (κ2) is 5.98. The molecule has 0 spiro atoms. The fourth-order valence-electron chi connectivity index (χ4n) is 1.25. The van der Waals surface area contributed by atoms with Crippen LogP contribution in [0.5, 0.6) is 0 Å². The zero-order chi connectivity index (χ0) is 11.2. The number of aliphatic carboxylic acids is 1. The number of carboxylic acids is 1. The van der Waals surface area contributed by atoms with E-state index in [0.717, 1.165) is 6.54 Å². The van der Waals surface area contributed by atoms with Gasteiger partial charge in [-0.2, -0.15) is 0 Å². The van der Waals surface area contributed by atoms with E-state index in [4.69, 9.17) is 9.84 Å². The molecule has 0 aromatic carbocycles. The molecule has 1 unspecified atom stereocenters. The second-order valence-electron chi connectivity index (χ2n) is 3.95. The highest BCUT2D eigenvalue weighted by molar-refractivity contribution is 5.74. The normalized spacial score (nSPS) is 15.5. The zero-order valence-corrected chi connectivity index (χ0v) is 9.54. The van der Waals surface area contributed by atoms with Gasteiger partial charge >= 0.3 is 5.97 Å². The number of carbonyl (C=O) groups is 1. The van der Waals surface area contributed by atoms with Crippen molar-refractivity contribution in [1.82, 2.24) is 4.90 Å². The highest BCUT2D eigenvalue weighted by Crippen LogP contribution is 2.22. The summed E-state index contributed by atoms with van der Waals surface area (Å²) in [6.45, 7) is 5.63. The topological polar surface area (TPSA) is 49.8 Å². The minimum absolute atomic E-state index is 0.558. The molecule has 0 aliphatic rings. The van der Waals surface area contributed by atoms with Gasteiger partial charge in [0.15, 0.2) is 0 Å². The number of likely N-dealkylation sites (N-methyl/N-ethyl adjacent to an activating group) is 1. The number of ether oxygens (including phenoxy) is 1. The van der Waals surface area contributed by atoms with Crippen molar-refractivity contribution in [3.63, 3.8) is 0 Å². The number of hydrogen-bond acceptors (Lipinski definition) is 3. The van der Waals surface area contributed by atoms with E-state index in [1.54, 1.807) is 14.0 Å². The maximum atomic E-state index is 11.0. The van der Waals surface area contributed by atoms with E-state index < -0.39 is 11.4 Å². The summed E-state index contributed by atoms with van der Waals surface area (Å²) in [6.07, 6.45) is 0.639. The van der Waals surface area contributed by atoms with Crippen molar-refractivity contribution in [3.05, 3.63) is 0 Å². The standard InChI is InChI=1S/C10H21NO3/c1-5-10(2,9(12)13)8-11(3)6-7-14-4/h5-8H2,1-4H3,(H,12,13). The largest absolute Gasteiger partial charge is 0.481 e. The molecule has 14 heavy (non-hydrogen) atoms. The summed E-state index contributed by atoms with van der Waals surface area (Å²) >= 11 is 0. The van der Waals surface area contributed by atoms with Crippen LogP contribution < -0.4 is 0 Å². The molecule has 1 N–H and O–H groups in total. The molecular formula is C10H21NO3. The van der Waals surface area contributed by atoms with Crippen LogP contribution in [0.2, 0.25) is 0 Å². The first-order chi connectivity index (χ1) is 6.46.